The molecule has 1 rings (SSSR count). The van der Waals surface area contributed by atoms with Crippen LogP contribution in [0.25, 0.3) is 0 Å². The van der Waals surface area contributed by atoms with E-state index in [1.54, 1.807) is 23.5 Å². The summed E-state index contributed by atoms with van der Waals surface area (Å²) in [4.78, 5) is 11.8. The van der Waals surface area contributed by atoms with Crippen molar-refractivity contribution in [3.05, 3.63) is 0 Å². The van der Waals surface area contributed by atoms with Gasteiger partial charge >= 0.3 is 0 Å². The molecule has 1 saturated heterocycles. The number of thiol groups is 2. The number of hydrogen-bond acceptors (Lipinski definition) is 5. The van der Waals surface area contributed by atoms with Gasteiger partial charge in [-0.3, -0.25) is 4.79 Å². The number of ketones is 1. The number of thioether (sulfide) groups is 2. The Bertz CT molecular complexity index is 164. The number of carbonyl (C=O) groups is 1. The van der Waals surface area contributed by atoms with Crippen molar-refractivity contribution in [2.24, 2.45) is 5.92 Å². The maximum absolute atomic E-state index is 11.8. The van der Waals surface area contributed by atoms with Gasteiger partial charge in [0.1, 0.15) is 4.58 Å². The van der Waals surface area contributed by atoms with Crippen molar-refractivity contribution in [1.82, 2.24) is 0 Å². The topological polar surface area (TPSA) is 17.1 Å². The lowest BCUT2D eigenvalue weighted by atomic mass is 10.1. The highest BCUT2D eigenvalue weighted by atomic mass is 32.2. The van der Waals surface area contributed by atoms with Gasteiger partial charge in [0.25, 0.3) is 0 Å². The van der Waals surface area contributed by atoms with Crippen LogP contribution in [-0.2, 0) is 4.79 Å². The van der Waals surface area contributed by atoms with Gasteiger partial charge in [0.2, 0.25) is 0 Å². The molecule has 0 bridgehead atoms. The highest BCUT2D eigenvalue weighted by molar-refractivity contribution is 8.18. The zero-order valence-electron chi connectivity index (χ0n) is 7.31. The summed E-state index contributed by atoms with van der Waals surface area (Å²) in [5.74, 6) is 3.86. The zero-order chi connectivity index (χ0) is 9.68. The van der Waals surface area contributed by atoms with Crippen LogP contribution in [0.4, 0.5) is 0 Å². The molecule has 0 saturated carbocycles. The first kappa shape index (κ1) is 12.1. The minimum absolute atomic E-state index is 0.0368. The summed E-state index contributed by atoms with van der Waals surface area (Å²) in [7, 11) is 0. The third-order valence-corrected chi connectivity index (χ3v) is 5.72. The van der Waals surface area contributed by atoms with E-state index < -0.39 is 0 Å². The summed E-state index contributed by atoms with van der Waals surface area (Å²) in [6.45, 7) is 0. The minimum atomic E-state index is 0.0368. The Labute approximate surface area is 99.0 Å². The Morgan fingerprint density at radius 1 is 1.31 bits per heavy atom. The molecule has 1 aliphatic heterocycles. The molecule has 1 nitrogen and oxygen atoms in total. The van der Waals surface area contributed by atoms with E-state index in [0.717, 1.165) is 11.5 Å². The van der Waals surface area contributed by atoms with Crippen LogP contribution in [-0.4, -0.2) is 33.4 Å². The van der Waals surface area contributed by atoms with Gasteiger partial charge in [-0.05, 0) is 17.9 Å². The summed E-state index contributed by atoms with van der Waals surface area (Å²) in [5.41, 5.74) is 0. The summed E-state index contributed by atoms with van der Waals surface area (Å²) in [5, 5.41) is 0. The molecule has 0 aromatic rings. The van der Waals surface area contributed by atoms with Gasteiger partial charge in [0.05, 0.1) is 0 Å². The summed E-state index contributed by atoms with van der Waals surface area (Å²) in [6.07, 6.45) is 1.23. The maximum atomic E-state index is 11.8. The highest BCUT2D eigenvalue weighted by Crippen LogP contribution is 2.33. The van der Waals surface area contributed by atoms with E-state index in [-0.39, 0.29) is 10.5 Å². The van der Waals surface area contributed by atoms with Crippen LogP contribution in [0.2, 0.25) is 0 Å². The maximum Gasteiger partial charge on any atom is 0.160 e. The fourth-order valence-electron chi connectivity index (χ4n) is 1.08. The van der Waals surface area contributed by atoms with Gasteiger partial charge in [0, 0.05) is 17.4 Å². The molecule has 1 aliphatic rings. The number of carbonyl (C=O) groups excluding carboxylic acids is 1. The van der Waals surface area contributed by atoms with Crippen molar-refractivity contribution in [3.8, 4) is 0 Å². The van der Waals surface area contributed by atoms with Crippen molar-refractivity contribution in [2.45, 2.75) is 11.0 Å². The van der Waals surface area contributed by atoms with Crippen LogP contribution in [0.1, 0.15) is 6.42 Å². The molecule has 0 unspecified atom stereocenters. The van der Waals surface area contributed by atoms with E-state index in [2.05, 4.69) is 25.3 Å². The predicted molar refractivity (Wildman–Crippen MR) is 69.5 cm³/mol. The van der Waals surface area contributed by atoms with Crippen LogP contribution in [0.5, 0.6) is 0 Å². The monoisotopic (exact) mass is 254 g/mol. The molecule has 0 N–H and O–H groups in total. The summed E-state index contributed by atoms with van der Waals surface area (Å²) in [6, 6.07) is 0. The van der Waals surface area contributed by atoms with Gasteiger partial charge in [-0.1, -0.05) is 0 Å². The van der Waals surface area contributed by atoms with Crippen LogP contribution < -0.4 is 0 Å². The number of hydrogen-bond donors (Lipinski definition) is 2. The predicted octanol–water partition coefficient (Wildman–Crippen LogP) is 2.23. The van der Waals surface area contributed by atoms with Crippen LogP contribution in [0.15, 0.2) is 0 Å². The molecular formula is C8H14OS4. The number of rotatable bonds is 4. The van der Waals surface area contributed by atoms with E-state index in [0.29, 0.717) is 17.3 Å². The zero-order valence-corrected chi connectivity index (χ0v) is 10.7. The van der Waals surface area contributed by atoms with Gasteiger partial charge < -0.3 is 0 Å². The average molecular weight is 254 g/mol. The van der Waals surface area contributed by atoms with Crippen molar-refractivity contribution < 1.29 is 4.79 Å². The minimum Gasteiger partial charge on any atom is -0.297 e. The second-order valence-corrected chi connectivity index (χ2v) is 6.35. The molecule has 0 amide bonds. The Morgan fingerprint density at radius 3 is 2.31 bits per heavy atom. The van der Waals surface area contributed by atoms with E-state index >= 15 is 0 Å². The van der Waals surface area contributed by atoms with Crippen LogP contribution >= 0.6 is 48.8 Å². The highest BCUT2D eigenvalue weighted by Gasteiger charge is 2.27. The smallest absolute Gasteiger partial charge is 0.160 e. The summed E-state index contributed by atoms with van der Waals surface area (Å²) < 4.78 is 0.151. The molecule has 76 valence electrons. The van der Waals surface area contributed by atoms with Gasteiger partial charge in [0.15, 0.2) is 5.78 Å². The van der Waals surface area contributed by atoms with Crippen LogP contribution in [0.3, 0.4) is 0 Å². The fourth-order valence-corrected chi connectivity index (χ4v) is 4.81. The van der Waals surface area contributed by atoms with Crippen molar-refractivity contribution in [1.29, 1.82) is 0 Å². The van der Waals surface area contributed by atoms with Gasteiger partial charge in [-0.15, -0.1) is 23.5 Å². The third kappa shape index (κ3) is 3.61. The van der Waals surface area contributed by atoms with Gasteiger partial charge in [-0.25, -0.2) is 0 Å². The van der Waals surface area contributed by atoms with E-state index in [9.17, 15) is 4.79 Å². The third-order valence-electron chi connectivity index (χ3n) is 1.90. The molecule has 0 atom stereocenters. The second kappa shape index (κ2) is 6.53. The first-order valence-electron chi connectivity index (χ1n) is 4.28. The molecule has 5 heteroatoms. The first-order chi connectivity index (χ1) is 6.29. The Balaban J connectivity index is 2.44. The molecule has 1 heterocycles. The molecular weight excluding hydrogens is 240 g/mol. The fraction of sp³-hybridized carbons (Fsp3) is 0.875. The van der Waals surface area contributed by atoms with Crippen molar-refractivity contribution in [3.63, 3.8) is 0 Å². The van der Waals surface area contributed by atoms with E-state index in [1.807, 2.05) is 0 Å². The Hall–Kier alpha value is 1.07. The first-order valence-corrected chi connectivity index (χ1v) is 7.64. The SMILES string of the molecule is O=C(C(CS)CS)C1SCCCS1. The quantitative estimate of drug-likeness (QED) is 0.750. The van der Waals surface area contributed by atoms with Crippen molar-refractivity contribution in [2.75, 3.05) is 23.0 Å². The molecule has 1 fully saturated rings. The molecule has 0 aliphatic carbocycles. The largest absolute Gasteiger partial charge is 0.297 e. The molecule has 0 aromatic carbocycles. The molecule has 0 aromatic heterocycles. The second-order valence-electron chi connectivity index (χ2n) is 2.89. The number of Topliss-reactive ketones (excluding diaryl/α,β-unsaturated/α-hetero) is 1. The van der Waals surface area contributed by atoms with Crippen LogP contribution in [0, 0.1) is 5.92 Å². The lowest BCUT2D eigenvalue weighted by Crippen LogP contribution is -2.28. The van der Waals surface area contributed by atoms with E-state index in [1.165, 1.54) is 6.42 Å². The Morgan fingerprint density at radius 2 is 1.85 bits per heavy atom. The lowest BCUT2D eigenvalue weighted by molar-refractivity contribution is -0.119. The average Bonchev–Trinajstić information content (AvgIpc) is 2.21. The molecule has 0 radical (unpaired) electrons. The van der Waals surface area contributed by atoms with E-state index in [4.69, 9.17) is 0 Å². The van der Waals surface area contributed by atoms with Crippen molar-refractivity contribution >= 4 is 54.6 Å². The Kier molecular flexibility index (Phi) is 6.10. The molecule has 13 heavy (non-hydrogen) atoms. The summed E-state index contributed by atoms with van der Waals surface area (Å²) >= 11 is 11.9. The lowest BCUT2D eigenvalue weighted by Gasteiger charge is -2.22. The normalized spacial score (nSPS) is 19.3. The molecule has 0 spiro atoms. The standard InChI is InChI=1S/C8H14OS4/c9-7(6(4-10)5-11)8-12-2-1-3-13-8/h6,8,10-11H,1-5H2. The van der Waals surface area contributed by atoms with Gasteiger partial charge in [-0.2, -0.15) is 25.3 Å².